The van der Waals surface area contributed by atoms with Crippen LogP contribution < -0.4 is 10.5 Å². The average molecular weight is 225 g/mol. The minimum atomic E-state index is 0.596. The summed E-state index contributed by atoms with van der Waals surface area (Å²) in [5.41, 5.74) is 10.6. The number of rotatable bonds is 2. The van der Waals surface area contributed by atoms with E-state index < -0.39 is 0 Å². The quantitative estimate of drug-likeness (QED) is 0.853. The molecule has 0 aliphatic carbocycles. The SMILES string of the molecule is NCc1ccc(-c2ccc3c(c2)CCO3)cc1. The molecule has 2 aromatic rings. The first kappa shape index (κ1) is 10.4. The Kier molecular flexibility index (Phi) is 2.57. The van der Waals surface area contributed by atoms with Crippen molar-refractivity contribution in [1.82, 2.24) is 0 Å². The Morgan fingerprint density at radius 2 is 1.76 bits per heavy atom. The first-order chi connectivity index (χ1) is 8.36. The van der Waals surface area contributed by atoms with E-state index in [1.54, 1.807) is 0 Å². The van der Waals surface area contributed by atoms with Crippen molar-refractivity contribution in [3.05, 3.63) is 53.6 Å². The van der Waals surface area contributed by atoms with E-state index in [0.29, 0.717) is 6.54 Å². The summed E-state index contributed by atoms with van der Waals surface area (Å²) < 4.78 is 5.51. The van der Waals surface area contributed by atoms with E-state index in [9.17, 15) is 0 Å². The average Bonchev–Trinajstić information content (AvgIpc) is 2.86. The van der Waals surface area contributed by atoms with Gasteiger partial charge in [-0.15, -0.1) is 0 Å². The Labute approximate surface area is 101 Å². The lowest BCUT2D eigenvalue weighted by Gasteiger charge is -2.05. The molecule has 3 rings (SSSR count). The number of benzene rings is 2. The summed E-state index contributed by atoms with van der Waals surface area (Å²) in [5.74, 6) is 1.03. The monoisotopic (exact) mass is 225 g/mol. The largest absolute Gasteiger partial charge is 0.493 e. The van der Waals surface area contributed by atoms with Crippen LogP contribution >= 0.6 is 0 Å². The summed E-state index contributed by atoms with van der Waals surface area (Å²) >= 11 is 0. The van der Waals surface area contributed by atoms with Gasteiger partial charge < -0.3 is 10.5 Å². The van der Waals surface area contributed by atoms with E-state index in [1.807, 2.05) is 0 Å². The molecule has 2 N–H and O–H groups in total. The Morgan fingerprint density at radius 3 is 2.53 bits per heavy atom. The van der Waals surface area contributed by atoms with Crippen LogP contribution in [0.3, 0.4) is 0 Å². The van der Waals surface area contributed by atoms with Crippen LogP contribution in [-0.4, -0.2) is 6.61 Å². The lowest BCUT2D eigenvalue weighted by Crippen LogP contribution is -1.95. The van der Waals surface area contributed by atoms with Gasteiger partial charge in [-0.2, -0.15) is 0 Å². The minimum absolute atomic E-state index is 0.596. The summed E-state index contributed by atoms with van der Waals surface area (Å²) in [6.45, 7) is 1.41. The van der Waals surface area contributed by atoms with E-state index in [-0.39, 0.29) is 0 Å². The van der Waals surface area contributed by atoms with Crippen LogP contribution in [0.1, 0.15) is 11.1 Å². The lowest BCUT2D eigenvalue weighted by atomic mass is 10.0. The molecule has 0 fully saturated rings. The molecule has 1 aliphatic rings. The maximum atomic E-state index is 5.60. The first-order valence-corrected chi connectivity index (χ1v) is 5.92. The third-order valence-electron chi connectivity index (χ3n) is 3.21. The molecule has 2 heteroatoms. The van der Waals surface area contributed by atoms with Crippen molar-refractivity contribution >= 4 is 0 Å². The van der Waals surface area contributed by atoms with Gasteiger partial charge in [-0.25, -0.2) is 0 Å². The summed E-state index contributed by atoms with van der Waals surface area (Å²) in [4.78, 5) is 0. The zero-order chi connectivity index (χ0) is 11.7. The highest BCUT2D eigenvalue weighted by molar-refractivity contribution is 5.66. The molecule has 0 aromatic heterocycles. The number of fused-ring (bicyclic) bond motifs is 1. The Morgan fingerprint density at radius 1 is 1.00 bits per heavy atom. The van der Waals surface area contributed by atoms with Gasteiger partial charge in [0, 0.05) is 13.0 Å². The van der Waals surface area contributed by atoms with Gasteiger partial charge in [0.05, 0.1) is 6.61 Å². The van der Waals surface area contributed by atoms with Gasteiger partial charge in [0.1, 0.15) is 5.75 Å². The summed E-state index contributed by atoms with van der Waals surface area (Å²) in [6.07, 6.45) is 1.02. The van der Waals surface area contributed by atoms with Gasteiger partial charge in [0.15, 0.2) is 0 Å². The number of hydrogen-bond acceptors (Lipinski definition) is 2. The van der Waals surface area contributed by atoms with Gasteiger partial charge in [0.25, 0.3) is 0 Å². The molecule has 2 aromatic carbocycles. The Hall–Kier alpha value is -1.80. The van der Waals surface area contributed by atoms with Crippen molar-refractivity contribution in [1.29, 1.82) is 0 Å². The molecule has 1 aliphatic heterocycles. The van der Waals surface area contributed by atoms with Crippen molar-refractivity contribution < 1.29 is 4.74 Å². The molecule has 0 radical (unpaired) electrons. The van der Waals surface area contributed by atoms with Gasteiger partial charge in [-0.1, -0.05) is 30.3 Å². The second kappa shape index (κ2) is 4.22. The highest BCUT2D eigenvalue weighted by Gasteiger charge is 2.12. The Bertz CT molecular complexity index is 531. The maximum absolute atomic E-state index is 5.60. The summed E-state index contributed by atoms with van der Waals surface area (Å²) in [7, 11) is 0. The molecular formula is C15H15NO. The fourth-order valence-electron chi connectivity index (χ4n) is 2.20. The maximum Gasteiger partial charge on any atom is 0.122 e. The van der Waals surface area contributed by atoms with E-state index >= 15 is 0 Å². The molecule has 0 unspecified atom stereocenters. The third kappa shape index (κ3) is 1.92. The minimum Gasteiger partial charge on any atom is -0.493 e. The van der Waals surface area contributed by atoms with Crippen LogP contribution in [0.4, 0.5) is 0 Å². The molecule has 17 heavy (non-hydrogen) atoms. The summed E-state index contributed by atoms with van der Waals surface area (Å²) in [6, 6.07) is 14.8. The second-order valence-electron chi connectivity index (χ2n) is 4.32. The van der Waals surface area contributed by atoms with Crippen molar-refractivity contribution in [3.63, 3.8) is 0 Å². The van der Waals surface area contributed by atoms with E-state index in [2.05, 4.69) is 42.5 Å². The van der Waals surface area contributed by atoms with Crippen molar-refractivity contribution in [2.75, 3.05) is 6.61 Å². The van der Waals surface area contributed by atoms with E-state index in [4.69, 9.17) is 10.5 Å². The Balaban J connectivity index is 1.97. The van der Waals surface area contributed by atoms with E-state index in [1.165, 1.54) is 22.3 Å². The zero-order valence-electron chi connectivity index (χ0n) is 9.65. The van der Waals surface area contributed by atoms with Crippen LogP contribution in [0.15, 0.2) is 42.5 Å². The normalized spacial score (nSPS) is 13.2. The molecule has 0 amide bonds. The number of hydrogen-bond donors (Lipinski definition) is 1. The molecule has 0 saturated carbocycles. The molecule has 0 bridgehead atoms. The molecule has 0 atom stereocenters. The second-order valence-corrected chi connectivity index (χ2v) is 4.32. The topological polar surface area (TPSA) is 35.2 Å². The van der Waals surface area contributed by atoms with Gasteiger partial charge in [-0.3, -0.25) is 0 Å². The number of nitrogens with two attached hydrogens (primary N) is 1. The zero-order valence-corrected chi connectivity index (χ0v) is 9.65. The predicted molar refractivity (Wildman–Crippen MR) is 69.0 cm³/mol. The van der Waals surface area contributed by atoms with Gasteiger partial charge in [0.2, 0.25) is 0 Å². The predicted octanol–water partition coefficient (Wildman–Crippen LogP) is 2.75. The van der Waals surface area contributed by atoms with Crippen LogP contribution in [0, 0.1) is 0 Å². The molecule has 1 heterocycles. The molecule has 0 saturated heterocycles. The van der Waals surface area contributed by atoms with Gasteiger partial charge in [-0.05, 0) is 34.4 Å². The standard InChI is InChI=1S/C15H15NO/c16-10-11-1-3-12(4-2-11)13-5-6-15-14(9-13)7-8-17-15/h1-6,9H,7-8,10,16H2. The van der Waals surface area contributed by atoms with Crippen LogP contribution in [-0.2, 0) is 13.0 Å². The highest BCUT2D eigenvalue weighted by Crippen LogP contribution is 2.30. The lowest BCUT2D eigenvalue weighted by molar-refractivity contribution is 0.357. The smallest absolute Gasteiger partial charge is 0.122 e. The first-order valence-electron chi connectivity index (χ1n) is 5.92. The highest BCUT2D eigenvalue weighted by atomic mass is 16.5. The fraction of sp³-hybridized carbons (Fsp3) is 0.200. The fourth-order valence-corrected chi connectivity index (χ4v) is 2.20. The summed E-state index contributed by atoms with van der Waals surface area (Å²) in [5, 5.41) is 0. The van der Waals surface area contributed by atoms with Crippen molar-refractivity contribution in [2.45, 2.75) is 13.0 Å². The van der Waals surface area contributed by atoms with Crippen LogP contribution in [0.5, 0.6) is 5.75 Å². The van der Waals surface area contributed by atoms with Crippen molar-refractivity contribution in [3.8, 4) is 16.9 Å². The van der Waals surface area contributed by atoms with Gasteiger partial charge >= 0.3 is 0 Å². The molecular weight excluding hydrogens is 210 g/mol. The molecule has 86 valence electrons. The van der Waals surface area contributed by atoms with Crippen LogP contribution in [0.25, 0.3) is 11.1 Å². The third-order valence-corrected chi connectivity index (χ3v) is 3.21. The molecule has 2 nitrogen and oxygen atoms in total. The number of ether oxygens (including phenoxy) is 1. The van der Waals surface area contributed by atoms with Crippen molar-refractivity contribution in [2.24, 2.45) is 5.73 Å². The van der Waals surface area contributed by atoms with Crippen LogP contribution in [0.2, 0.25) is 0 Å². The molecule has 0 spiro atoms. The van der Waals surface area contributed by atoms with E-state index in [0.717, 1.165) is 18.8 Å².